The summed E-state index contributed by atoms with van der Waals surface area (Å²) in [5.74, 6) is -1.34. The van der Waals surface area contributed by atoms with Crippen LogP contribution in [0.25, 0.3) is 0 Å². The standard InChI is InChI=1S/C27H23N3O5/c1-17-23(26(31)29-22(16-35-27(29)32)18-8-4-2-5-9-18)25(20-12-14-21(15-13-20)30(33)34)28-24(17)19-10-6-3-7-11-19/h2-15,17,22-23,25H,16H2,1H3/t17-,22+,23-,25-/m0/s1. The van der Waals surface area contributed by atoms with Crippen molar-refractivity contribution in [1.29, 1.82) is 0 Å². The molecule has 0 saturated carbocycles. The number of hydrogen-bond acceptors (Lipinski definition) is 6. The average molecular weight is 469 g/mol. The molecule has 3 aromatic carbocycles. The highest BCUT2D eigenvalue weighted by Crippen LogP contribution is 2.43. The Bertz CT molecular complexity index is 1290. The number of imide groups is 1. The summed E-state index contributed by atoms with van der Waals surface area (Å²) in [4.78, 5) is 43.6. The first kappa shape index (κ1) is 22.5. The second-order valence-corrected chi connectivity index (χ2v) is 8.70. The summed E-state index contributed by atoms with van der Waals surface area (Å²) < 4.78 is 5.30. The van der Waals surface area contributed by atoms with Crippen LogP contribution in [0.2, 0.25) is 0 Å². The number of carbonyl (C=O) groups excluding carboxylic acids is 2. The highest BCUT2D eigenvalue weighted by Gasteiger charge is 2.49. The van der Waals surface area contributed by atoms with Crippen molar-refractivity contribution in [3.63, 3.8) is 0 Å². The molecule has 0 unspecified atom stereocenters. The van der Waals surface area contributed by atoms with Gasteiger partial charge in [0.05, 0.1) is 16.9 Å². The molecule has 1 saturated heterocycles. The Balaban J connectivity index is 1.55. The van der Waals surface area contributed by atoms with E-state index in [1.807, 2.05) is 67.6 Å². The number of nitrogens with zero attached hydrogens (tertiary/aromatic N) is 3. The van der Waals surface area contributed by atoms with Gasteiger partial charge in [0.15, 0.2) is 0 Å². The van der Waals surface area contributed by atoms with Crippen LogP contribution in [0.4, 0.5) is 10.5 Å². The van der Waals surface area contributed by atoms with Crippen LogP contribution in [-0.4, -0.2) is 34.1 Å². The topological polar surface area (TPSA) is 102 Å². The summed E-state index contributed by atoms with van der Waals surface area (Å²) in [5.41, 5.74) is 3.10. The van der Waals surface area contributed by atoms with Gasteiger partial charge in [-0.05, 0) is 16.7 Å². The minimum Gasteiger partial charge on any atom is -0.446 e. The summed E-state index contributed by atoms with van der Waals surface area (Å²) in [6, 6.07) is 23.9. The normalized spacial score (nSPS) is 23.6. The van der Waals surface area contributed by atoms with Crippen molar-refractivity contribution in [3.8, 4) is 0 Å². The van der Waals surface area contributed by atoms with Crippen LogP contribution in [0.1, 0.15) is 35.7 Å². The monoisotopic (exact) mass is 469 g/mol. The molecule has 2 amide bonds. The van der Waals surface area contributed by atoms with Gasteiger partial charge >= 0.3 is 6.09 Å². The van der Waals surface area contributed by atoms with E-state index in [0.717, 1.165) is 16.8 Å². The molecule has 1 fully saturated rings. The van der Waals surface area contributed by atoms with Gasteiger partial charge in [0.25, 0.3) is 5.69 Å². The van der Waals surface area contributed by atoms with Gasteiger partial charge in [0.1, 0.15) is 12.6 Å². The molecule has 0 aromatic heterocycles. The molecule has 0 bridgehead atoms. The van der Waals surface area contributed by atoms with Crippen LogP contribution in [-0.2, 0) is 9.53 Å². The molecule has 176 valence electrons. The molecule has 8 nitrogen and oxygen atoms in total. The smallest absolute Gasteiger partial charge is 0.417 e. The lowest BCUT2D eigenvalue weighted by Crippen LogP contribution is -2.42. The average Bonchev–Trinajstić information content (AvgIpc) is 3.44. The van der Waals surface area contributed by atoms with E-state index in [4.69, 9.17) is 9.73 Å². The Kier molecular flexibility index (Phi) is 5.86. The van der Waals surface area contributed by atoms with Gasteiger partial charge < -0.3 is 4.74 Å². The molecule has 2 heterocycles. The maximum atomic E-state index is 14.0. The highest BCUT2D eigenvalue weighted by molar-refractivity contribution is 6.08. The third-order valence-electron chi connectivity index (χ3n) is 6.68. The number of benzene rings is 3. The van der Waals surface area contributed by atoms with Gasteiger partial charge in [-0.2, -0.15) is 0 Å². The van der Waals surface area contributed by atoms with Gasteiger partial charge in [0, 0.05) is 23.8 Å². The zero-order chi connectivity index (χ0) is 24.5. The van der Waals surface area contributed by atoms with Gasteiger partial charge in [-0.1, -0.05) is 79.7 Å². The predicted molar refractivity (Wildman–Crippen MR) is 129 cm³/mol. The third-order valence-corrected chi connectivity index (χ3v) is 6.68. The summed E-state index contributed by atoms with van der Waals surface area (Å²) in [5, 5.41) is 11.1. The van der Waals surface area contributed by atoms with Crippen molar-refractivity contribution in [2.24, 2.45) is 16.8 Å². The largest absolute Gasteiger partial charge is 0.446 e. The molecule has 5 rings (SSSR count). The first-order chi connectivity index (χ1) is 17.0. The minimum absolute atomic E-state index is 0.0396. The third kappa shape index (κ3) is 4.07. The number of rotatable bonds is 5. The predicted octanol–water partition coefficient (Wildman–Crippen LogP) is 5.11. The van der Waals surface area contributed by atoms with E-state index in [-0.39, 0.29) is 24.1 Å². The van der Waals surface area contributed by atoms with Gasteiger partial charge in [-0.25, -0.2) is 9.69 Å². The molecule has 0 spiro atoms. The van der Waals surface area contributed by atoms with Crippen LogP contribution in [0.15, 0.2) is 89.9 Å². The summed E-state index contributed by atoms with van der Waals surface area (Å²) >= 11 is 0. The van der Waals surface area contributed by atoms with Crippen molar-refractivity contribution in [2.75, 3.05) is 6.61 Å². The summed E-state index contributed by atoms with van der Waals surface area (Å²) in [6.07, 6.45) is -0.674. The molecule has 2 aliphatic heterocycles. The molecular weight excluding hydrogens is 446 g/mol. The van der Waals surface area contributed by atoms with Gasteiger partial charge in [-0.15, -0.1) is 0 Å². The van der Waals surface area contributed by atoms with E-state index in [1.54, 1.807) is 12.1 Å². The van der Waals surface area contributed by atoms with E-state index >= 15 is 0 Å². The van der Waals surface area contributed by atoms with E-state index in [2.05, 4.69) is 0 Å². The molecule has 0 aliphatic carbocycles. The van der Waals surface area contributed by atoms with Gasteiger partial charge in [-0.3, -0.25) is 19.9 Å². The van der Waals surface area contributed by atoms with E-state index in [9.17, 15) is 19.7 Å². The van der Waals surface area contributed by atoms with Crippen molar-refractivity contribution in [3.05, 3.63) is 112 Å². The van der Waals surface area contributed by atoms with Gasteiger partial charge in [0.2, 0.25) is 5.91 Å². The number of cyclic esters (lactones) is 1. The zero-order valence-corrected chi connectivity index (χ0v) is 19.0. The Morgan fingerprint density at radius 1 is 0.971 bits per heavy atom. The fourth-order valence-corrected chi connectivity index (χ4v) is 4.91. The molecule has 8 heteroatoms. The van der Waals surface area contributed by atoms with E-state index in [0.29, 0.717) is 5.56 Å². The lowest BCUT2D eigenvalue weighted by molar-refractivity contribution is -0.384. The molecular formula is C27H23N3O5. The van der Waals surface area contributed by atoms with Crippen LogP contribution < -0.4 is 0 Å². The lowest BCUT2D eigenvalue weighted by atomic mass is 9.82. The first-order valence-electron chi connectivity index (χ1n) is 11.4. The number of hydrogen-bond donors (Lipinski definition) is 0. The van der Waals surface area contributed by atoms with Crippen molar-refractivity contribution in [1.82, 2.24) is 4.90 Å². The molecule has 4 atom stereocenters. The Morgan fingerprint density at radius 3 is 2.23 bits per heavy atom. The highest BCUT2D eigenvalue weighted by atomic mass is 16.6. The lowest BCUT2D eigenvalue weighted by Gasteiger charge is -2.28. The number of amides is 2. The fraction of sp³-hybridized carbons (Fsp3) is 0.222. The number of non-ortho nitro benzene ring substituents is 1. The molecule has 0 N–H and O–H groups in total. The number of ether oxygens (including phenoxy) is 1. The molecule has 0 radical (unpaired) electrons. The molecule has 3 aromatic rings. The number of carbonyl (C=O) groups is 2. The Morgan fingerprint density at radius 2 is 1.60 bits per heavy atom. The summed E-state index contributed by atoms with van der Waals surface area (Å²) in [6.45, 7) is 2.02. The SMILES string of the molecule is C[C@@H]1C(c2ccccc2)=N[C@@H](c2ccc([N+](=O)[O-])cc2)[C@H]1C(=O)N1C(=O)OC[C@@H]1c1ccccc1. The van der Waals surface area contributed by atoms with Crippen molar-refractivity contribution >= 4 is 23.4 Å². The number of nitro benzene ring substituents is 1. The first-order valence-corrected chi connectivity index (χ1v) is 11.4. The fourth-order valence-electron chi connectivity index (χ4n) is 4.91. The van der Waals surface area contributed by atoms with Crippen LogP contribution in [0.3, 0.4) is 0 Å². The van der Waals surface area contributed by atoms with Crippen LogP contribution in [0.5, 0.6) is 0 Å². The quantitative estimate of drug-likeness (QED) is 0.382. The minimum atomic E-state index is -0.677. The van der Waals surface area contributed by atoms with Crippen molar-refractivity contribution in [2.45, 2.75) is 19.0 Å². The van der Waals surface area contributed by atoms with E-state index < -0.39 is 29.0 Å². The van der Waals surface area contributed by atoms with Crippen LogP contribution >= 0.6 is 0 Å². The van der Waals surface area contributed by atoms with E-state index in [1.165, 1.54) is 17.0 Å². The number of nitro groups is 1. The second-order valence-electron chi connectivity index (χ2n) is 8.70. The molecule has 35 heavy (non-hydrogen) atoms. The van der Waals surface area contributed by atoms with Crippen molar-refractivity contribution < 1.29 is 19.2 Å². The number of aliphatic imine (C=N–C) groups is 1. The summed E-state index contributed by atoms with van der Waals surface area (Å²) in [7, 11) is 0. The maximum absolute atomic E-state index is 14.0. The Labute approximate surface area is 202 Å². The second kappa shape index (κ2) is 9.13. The zero-order valence-electron chi connectivity index (χ0n) is 19.0. The Hall–Kier alpha value is -4.33. The van der Waals surface area contributed by atoms with Crippen LogP contribution in [0, 0.1) is 22.0 Å². The molecule has 2 aliphatic rings. The maximum Gasteiger partial charge on any atom is 0.417 e.